The summed E-state index contributed by atoms with van der Waals surface area (Å²) in [7, 11) is 0. The first-order chi connectivity index (χ1) is 12.5. The van der Waals surface area contributed by atoms with Crippen molar-refractivity contribution in [3.8, 4) is 0 Å². The zero-order valence-corrected chi connectivity index (χ0v) is 16.8. The van der Waals surface area contributed by atoms with Crippen LogP contribution in [0, 0.1) is 0 Å². The third kappa shape index (κ3) is 3.52. The number of carbonyl (C=O) groups excluding carboxylic acids is 1. The highest BCUT2D eigenvalue weighted by Crippen LogP contribution is 2.44. The maximum Gasteiger partial charge on any atom is 0.251 e. The molecule has 1 amide bonds. The van der Waals surface area contributed by atoms with Crippen molar-refractivity contribution < 1.29 is 4.79 Å². The molecule has 2 aliphatic rings. The molecule has 0 spiro atoms. The number of hydrogen-bond donors (Lipinski definition) is 1. The fourth-order valence-corrected chi connectivity index (χ4v) is 5.46. The lowest BCUT2D eigenvalue weighted by Gasteiger charge is -2.47. The Kier molecular flexibility index (Phi) is 5.02. The second-order valence-corrected chi connectivity index (χ2v) is 9.33. The Morgan fingerprint density at radius 2 is 2.12 bits per heavy atom. The third-order valence-electron chi connectivity index (χ3n) is 5.87. The summed E-state index contributed by atoms with van der Waals surface area (Å²) >= 11 is 1.77. The van der Waals surface area contributed by atoms with Gasteiger partial charge >= 0.3 is 0 Å². The van der Waals surface area contributed by atoms with E-state index in [1.54, 1.807) is 11.3 Å². The van der Waals surface area contributed by atoms with E-state index in [0.717, 1.165) is 27.9 Å². The lowest BCUT2D eigenvalue weighted by molar-refractivity contribution is 0.0480. The fourth-order valence-electron chi connectivity index (χ4n) is 4.33. The monoisotopic (exact) mass is 371 g/mol. The molecule has 1 saturated carbocycles. The van der Waals surface area contributed by atoms with Crippen LogP contribution < -0.4 is 5.32 Å². The molecule has 1 N–H and O–H groups in total. The Morgan fingerprint density at radius 3 is 2.85 bits per heavy atom. The van der Waals surface area contributed by atoms with Crippen molar-refractivity contribution >= 4 is 27.5 Å². The van der Waals surface area contributed by atoms with Crippen molar-refractivity contribution in [3.05, 3.63) is 28.8 Å². The molecule has 1 atom stereocenters. The molecule has 0 bridgehead atoms. The van der Waals surface area contributed by atoms with E-state index in [1.807, 2.05) is 32.0 Å². The number of nitrogens with one attached hydrogen (secondary N) is 1. The summed E-state index contributed by atoms with van der Waals surface area (Å²) in [5.74, 6) is 0.596. The van der Waals surface area contributed by atoms with E-state index >= 15 is 0 Å². The average Bonchev–Trinajstić information content (AvgIpc) is 2.97. The maximum atomic E-state index is 12.2. The molecule has 1 aliphatic carbocycles. The molecule has 2 aromatic rings. The van der Waals surface area contributed by atoms with Crippen molar-refractivity contribution in [1.29, 1.82) is 0 Å². The van der Waals surface area contributed by atoms with Gasteiger partial charge in [0.2, 0.25) is 0 Å². The van der Waals surface area contributed by atoms with E-state index in [4.69, 9.17) is 4.98 Å². The van der Waals surface area contributed by atoms with E-state index in [0.29, 0.717) is 5.92 Å². The number of carbonyl (C=O) groups is 1. The Balaban J connectivity index is 1.44. The van der Waals surface area contributed by atoms with Gasteiger partial charge in [0.1, 0.15) is 0 Å². The van der Waals surface area contributed by atoms with Crippen LogP contribution in [0.5, 0.6) is 0 Å². The number of benzene rings is 1. The van der Waals surface area contributed by atoms with Crippen LogP contribution in [0.3, 0.4) is 0 Å². The van der Waals surface area contributed by atoms with Crippen LogP contribution >= 0.6 is 11.3 Å². The molecule has 140 valence electrons. The summed E-state index contributed by atoms with van der Waals surface area (Å²) in [4.78, 5) is 19.8. The second kappa shape index (κ2) is 7.28. The van der Waals surface area contributed by atoms with Crippen LogP contribution in [0.25, 0.3) is 10.2 Å². The minimum Gasteiger partial charge on any atom is -0.350 e. The fraction of sp³-hybridized carbons (Fsp3) is 0.619. The minimum atomic E-state index is -0.000329. The lowest BCUT2D eigenvalue weighted by Crippen LogP contribution is -2.50. The van der Waals surface area contributed by atoms with Gasteiger partial charge < -0.3 is 5.32 Å². The van der Waals surface area contributed by atoms with E-state index in [9.17, 15) is 4.79 Å². The second-order valence-electron chi connectivity index (χ2n) is 8.27. The van der Waals surface area contributed by atoms with Crippen LogP contribution in [0.4, 0.5) is 0 Å². The molecule has 5 heteroatoms. The van der Waals surface area contributed by atoms with Crippen molar-refractivity contribution in [2.24, 2.45) is 0 Å². The molecule has 0 radical (unpaired) electrons. The zero-order valence-electron chi connectivity index (χ0n) is 16.0. The number of fused-ring (bicyclic) bond motifs is 1. The SMILES string of the molecule is CC(C)NC(=O)c1ccc2nc([C@H]3C[C@H](N4CCCC[C@@H]4C)C3)sc2c1. The largest absolute Gasteiger partial charge is 0.350 e. The Morgan fingerprint density at radius 1 is 1.31 bits per heavy atom. The van der Waals surface area contributed by atoms with Crippen LogP contribution in [0.15, 0.2) is 18.2 Å². The lowest BCUT2D eigenvalue weighted by atomic mass is 9.78. The van der Waals surface area contributed by atoms with E-state index < -0.39 is 0 Å². The summed E-state index contributed by atoms with van der Waals surface area (Å²) in [6, 6.07) is 7.52. The van der Waals surface area contributed by atoms with Crippen molar-refractivity contribution in [2.45, 2.75) is 76.9 Å². The number of aromatic nitrogens is 1. The molecule has 1 aromatic heterocycles. The topological polar surface area (TPSA) is 45.2 Å². The van der Waals surface area contributed by atoms with Gasteiger partial charge in [0.15, 0.2) is 0 Å². The van der Waals surface area contributed by atoms with E-state index in [-0.39, 0.29) is 11.9 Å². The highest BCUT2D eigenvalue weighted by molar-refractivity contribution is 7.18. The molecule has 1 aliphatic heterocycles. The highest BCUT2D eigenvalue weighted by atomic mass is 32.1. The predicted octanol–water partition coefficient (Wildman–Crippen LogP) is 4.55. The van der Waals surface area contributed by atoms with Crippen molar-refractivity contribution in [3.63, 3.8) is 0 Å². The Hall–Kier alpha value is -1.46. The Bertz CT molecular complexity index is 794. The predicted molar refractivity (Wildman–Crippen MR) is 108 cm³/mol. The average molecular weight is 372 g/mol. The zero-order chi connectivity index (χ0) is 18.3. The van der Waals surface area contributed by atoms with Gasteiger partial charge in [-0.1, -0.05) is 6.42 Å². The Labute approximate surface area is 160 Å². The minimum absolute atomic E-state index is 0.000329. The van der Waals surface area contributed by atoms with E-state index in [1.165, 1.54) is 43.7 Å². The maximum absolute atomic E-state index is 12.2. The quantitative estimate of drug-likeness (QED) is 0.857. The molecule has 2 heterocycles. The molecule has 4 nitrogen and oxygen atoms in total. The molecular weight excluding hydrogens is 342 g/mol. The van der Waals surface area contributed by atoms with Crippen LogP contribution in [-0.4, -0.2) is 40.5 Å². The first-order valence-electron chi connectivity index (χ1n) is 9.98. The first kappa shape index (κ1) is 17.9. The van der Waals surface area contributed by atoms with Crippen LogP contribution in [0.2, 0.25) is 0 Å². The van der Waals surface area contributed by atoms with Gasteiger partial charge in [0.05, 0.1) is 15.2 Å². The van der Waals surface area contributed by atoms with Gasteiger partial charge in [0, 0.05) is 29.6 Å². The standard InChI is InChI=1S/C21H29N3OS/c1-13(2)22-20(25)15-7-8-18-19(12-15)26-21(23-18)16-10-17(11-16)24-9-5-4-6-14(24)3/h7-8,12-14,16-17H,4-6,9-11H2,1-3H3,(H,22,25)/t14-,16-,17-/m0/s1. The number of nitrogens with zero attached hydrogens (tertiary/aromatic N) is 2. The number of rotatable bonds is 4. The summed E-state index contributed by atoms with van der Waals surface area (Å²) < 4.78 is 1.13. The molecule has 1 saturated heterocycles. The number of thiazole rings is 1. The molecule has 26 heavy (non-hydrogen) atoms. The molecule has 0 unspecified atom stereocenters. The molecule has 4 rings (SSSR count). The van der Waals surface area contributed by atoms with Crippen molar-refractivity contribution in [1.82, 2.24) is 15.2 Å². The molecular formula is C21H29N3OS. The molecule has 1 aromatic carbocycles. The highest BCUT2D eigenvalue weighted by Gasteiger charge is 2.38. The van der Waals surface area contributed by atoms with Gasteiger partial charge in [-0.05, 0) is 71.2 Å². The number of likely N-dealkylation sites (tertiary alicyclic amines) is 1. The van der Waals surface area contributed by atoms with Gasteiger partial charge in [-0.2, -0.15) is 0 Å². The number of piperidine rings is 1. The van der Waals surface area contributed by atoms with Crippen LogP contribution in [0.1, 0.15) is 74.2 Å². The number of amides is 1. The van der Waals surface area contributed by atoms with E-state index in [2.05, 4.69) is 17.1 Å². The third-order valence-corrected chi connectivity index (χ3v) is 7.05. The normalized spacial score (nSPS) is 26.8. The van der Waals surface area contributed by atoms with Crippen molar-refractivity contribution in [2.75, 3.05) is 6.54 Å². The van der Waals surface area contributed by atoms with Gasteiger partial charge in [-0.25, -0.2) is 4.98 Å². The summed E-state index contributed by atoms with van der Waals surface area (Å²) in [5, 5.41) is 4.21. The van der Waals surface area contributed by atoms with Gasteiger partial charge in [-0.3, -0.25) is 9.69 Å². The van der Waals surface area contributed by atoms with Crippen LogP contribution in [-0.2, 0) is 0 Å². The summed E-state index contributed by atoms with van der Waals surface area (Å²) in [5.41, 5.74) is 1.76. The van der Waals surface area contributed by atoms with Gasteiger partial charge in [0.25, 0.3) is 5.91 Å². The smallest absolute Gasteiger partial charge is 0.251 e. The molecule has 2 fully saturated rings. The van der Waals surface area contributed by atoms with Gasteiger partial charge in [-0.15, -0.1) is 11.3 Å². The summed E-state index contributed by atoms with van der Waals surface area (Å²) in [6.07, 6.45) is 6.57. The first-order valence-corrected chi connectivity index (χ1v) is 10.8. The summed E-state index contributed by atoms with van der Waals surface area (Å²) in [6.45, 7) is 7.62. The number of hydrogen-bond acceptors (Lipinski definition) is 4.